The molecule has 1 heterocycles. The fraction of sp³-hybridized carbons (Fsp3) is 0.286. The van der Waals surface area contributed by atoms with Crippen LogP contribution in [0.15, 0.2) is 16.9 Å². The Labute approximate surface area is 115 Å². The van der Waals surface area contributed by atoms with Crippen molar-refractivity contribution in [2.45, 2.75) is 13.3 Å². The lowest BCUT2D eigenvalue weighted by atomic mass is 10.0. The summed E-state index contributed by atoms with van der Waals surface area (Å²) < 4.78 is 10.5. The summed E-state index contributed by atoms with van der Waals surface area (Å²) in [6.45, 7) is 1.71. The first-order chi connectivity index (χ1) is 9.49. The van der Waals surface area contributed by atoms with E-state index in [1.165, 1.54) is 14.2 Å². The molecule has 6 nitrogen and oxygen atoms in total. The molecule has 6 heteroatoms. The summed E-state index contributed by atoms with van der Waals surface area (Å²) in [4.78, 5) is 25.6. The van der Waals surface area contributed by atoms with E-state index in [2.05, 4.69) is 4.98 Å². The fourth-order valence-corrected chi connectivity index (χ4v) is 2.28. The van der Waals surface area contributed by atoms with Crippen LogP contribution in [0, 0.1) is 6.92 Å². The predicted molar refractivity (Wildman–Crippen MR) is 73.7 cm³/mol. The Morgan fingerprint density at radius 3 is 2.40 bits per heavy atom. The van der Waals surface area contributed by atoms with E-state index in [1.807, 2.05) is 0 Å². The highest BCUT2D eigenvalue weighted by Crippen LogP contribution is 2.33. The van der Waals surface area contributed by atoms with Crippen molar-refractivity contribution in [1.82, 2.24) is 4.98 Å². The third-order valence-electron chi connectivity index (χ3n) is 3.24. The molecule has 0 amide bonds. The quantitative estimate of drug-likeness (QED) is 0.883. The summed E-state index contributed by atoms with van der Waals surface area (Å²) in [6, 6.07) is 3.41. The maximum Gasteiger partial charge on any atom is 0.308 e. The number of aromatic amines is 1. The monoisotopic (exact) mass is 277 g/mol. The minimum Gasteiger partial charge on any atom is -0.496 e. The zero-order valence-electron chi connectivity index (χ0n) is 11.4. The molecule has 0 saturated carbocycles. The van der Waals surface area contributed by atoms with Gasteiger partial charge in [0.2, 0.25) is 0 Å². The van der Waals surface area contributed by atoms with Gasteiger partial charge in [-0.3, -0.25) is 9.59 Å². The Hall–Kier alpha value is -2.50. The number of rotatable bonds is 4. The van der Waals surface area contributed by atoms with E-state index >= 15 is 0 Å². The fourth-order valence-electron chi connectivity index (χ4n) is 2.28. The molecule has 0 aliphatic heterocycles. The van der Waals surface area contributed by atoms with Gasteiger partial charge in [-0.25, -0.2) is 0 Å². The number of fused-ring (bicyclic) bond motifs is 1. The van der Waals surface area contributed by atoms with Crippen molar-refractivity contribution in [1.29, 1.82) is 0 Å². The highest BCUT2D eigenvalue weighted by molar-refractivity contribution is 5.93. The molecule has 20 heavy (non-hydrogen) atoms. The number of H-pyrrole nitrogens is 1. The number of ether oxygens (including phenoxy) is 2. The number of carboxylic acids is 1. The lowest BCUT2D eigenvalue weighted by molar-refractivity contribution is -0.136. The Balaban J connectivity index is 2.89. The summed E-state index contributed by atoms with van der Waals surface area (Å²) in [5, 5.41) is 9.56. The van der Waals surface area contributed by atoms with Crippen LogP contribution in [-0.4, -0.2) is 30.3 Å². The number of carboxylic acid groups (broad SMARTS) is 1. The number of aromatic nitrogens is 1. The van der Waals surface area contributed by atoms with Crippen LogP contribution in [0.4, 0.5) is 0 Å². The topological polar surface area (TPSA) is 88.6 Å². The summed E-state index contributed by atoms with van der Waals surface area (Å²) in [5.41, 5.74) is 0.880. The van der Waals surface area contributed by atoms with Crippen LogP contribution in [0.1, 0.15) is 11.1 Å². The first-order valence-corrected chi connectivity index (χ1v) is 5.97. The van der Waals surface area contributed by atoms with Crippen molar-refractivity contribution in [2.75, 3.05) is 14.2 Å². The molecular weight excluding hydrogens is 262 g/mol. The molecular formula is C14H15NO5. The number of nitrogens with one attached hydrogen (secondary N) is 1. The molecule has 0 fully saturated rings. The number of carbonyl (C=O) groups is 1. The first-order valence-electron chi connectivity index (χ1n) is 5.97. The zero-order chi connectivity index (χ0) is 14.9. The van der Waals surface area contributed by atoms with Gasteiger partial charge in [-0.2, -0.15) is 0 Å². The third kappa shape index (κ3) is 2.20. The third-order valence-corrected chi connectivity index (χ3v) is 3.24. The Kier molecular flexibility index (Phi) is 3.65. The lowest BCUT2D eigenvalue weighted by Gasteiger charge is -2.13. The van der Waals surface area contributed by atoms with E-state index in [0.717, 1.165) is 0 Å². The van der Waals surface area contributed by atoms with Crippen LogP contribution >= 0.6 is 0 Å². The van der Waals surface area contributed by atoms with Gasteiger partial charge in [0.15, 0.2) is 0 Å². The van der Waals surface area contributed by atoms with Crippen molar-refractivity contribution in [3.63, 3.8) is 0 Å². The van der Waals surface area contributed by atoms with E-state index < -0.39 is 11.5 Å². The van der Waals surface area contributed by atoms with E-state index in [0.29, 0.717) is 28.0 Å². The Morgan fingerprint density at radius 1 is 1.25 bits per heavy atom. The second-order valence-electron chi connectivity index (χ2n) is 4.35. The van der Waals surface area contributed by atoms with Gasteiger partial charge < -0.3 is 19.6 Å². The van der Waals surface area contributed by atoms with Gasteiger partial charge in [0.1, 0.15) is 11.5 Å². The van der Waals surface area contributed by atoms with Crippen molar-refractivity contribution >= 4 is 16.9 Å². The van der Waals surface area contributed by atoms with E-state index in [1.54, 1.807) is 19.1 Å². The SMILES string of the molecule is COc1ccc(OC)c2c(C)c(CC(=O)O)c(=O)[nH]c12. The average Bonchev–Trinajstić information content (AvgIpc) is 2.41. The highest BCUT2D eigenvalue weighted by atomic mass is 16.5. The molecule has 2 N–H and O–H groups in total. The molecule has 0 radical (unpaired) electrons. The van der Waals surface area contributed by atoms with Gasteiger partial charge >= 0.3 is 5.97 Å². The molecule has 0 atom stereocenters. The van der Waals surface area contributed by atoms with E-state index in [9.17, 15) is 9.59 Å². The molecule has 1 aromatic carbocycles. The van der Waals surface area contributed by atoms with Crippen LogP contribution < -0.4 is 15.0 Å². The van der Waals surface area contributed by atoms with Crippen LogP contribution in [0.2, 0.25) is 0 Å². The maximum atomic E-state index is 12.0. The van der Waals surface area contributed by atoms with Gasteiger partial charge in [0.25, 0.3) is 5.56 Å². The normalized spacial score (nSPS) is 10.6. The molecule has 2 aromatic rings. The minimum atomic E-state index is -1.06. The second kappa shape index (κ2) is 5.24. The first kappa shape index (κ1) is 13.9. The standard InChI is InChI=1S/C14H15NO5/c1-7-8(6-11(16)17)14(18)15-13-10(20-3)5-4-9(19-2)12(7)13/h4-5H,6H2,1-3H3,(H,15,18)(H,16,17). The zero-order valence-corrected chi connectivity index (χ0v) is 11.4. The average molecular weight is 277 g/mol. The number of aliphatic carboxylic acids is 1. The van der Waals surface area contributed by atoms with Gasteiger partial charge in [0, 0.05) is 10.9 Å². The van der Waals surface area contributed by atoms with Gasteiger partial charge in [-0.1, -0.05) is 0 Å². The van der Waals surface area contributed by atoms with Crippen molar-refractivity contribution < 1.29 is 19.4 Å². The molecule has 0 aliphatic rings. The van der Waals surface area contributed by atoms with E-state index in [4.69, 9.17) is 14.6 Å². The number of pyridine rings is 1. The lowest BCUT2D eigenvalue weighted by Crippen LogP contribution is -2.18. The molecule has 0 bridgehead atoms. The largest absolute Gasteiger partial charge is 0.496 e. The summed E-state index contributed by atoms with van der Waals surface area (Å²) >= 11 is 0. The molecule has 1 aromatic heterocycles. The number of hydrogen-bond acceptors (Lipinski definition) is 4. The van der Waals surface area contributed by atoms with Crippen molar-refractivity contribution in [3.8, 4) is 11.5 Å². The van der Waals surface area contributed by atoms with Crippen molar-refractivity contribution in [2.24, 2.45) is 0 Å². The smallest absolute Gasteiger partial charge is 0.308 e. The van der Waals surface area contributed by atoms with Gasteiger partial charge in [-0.15, -0.1) is 0 Å². The number of methoxy groups -OCH3 is 2. The van der Waals surface area contributed by atoms with Crippen LogP contribution in [0.3, 0.4) is 0 Å². The Bertz CT molecular complexity index is 732. The summed E-state index contributed by atoms with van der Waals surface area (Å²) in [5.74, 6) is 0.00359. The number of benzene rings is 1. The predicted octanol–water partition coefficient (Wildman–Crippen LogP) is 1.48. The van der Waals surface area contributed by atoms with Crippen LogP contribution in [0.25, 0.3) is 10.9 Å². The molecule has 0 unspecified atom stereocenters. The summed E-state index contributed by atoms with van der Waals surface area (Å²) in [6.07, 6.45) is -0.336. The molecule has 0 spiro atoms. The number of hydrogen-bond donors (Lipinski definition) is 2. The number of aryl methyl sites for hydroxylation is 1. The van der Waals surface area contributed by atoms with Crippen molar-refractivity contribution in [3.05, 3.63) is 33.6 Å². The molecule has 0 saturated heterocycles. The molecule has 2 rings (SSSR count). The second-order valence-corrected chi connectivity index (χ2v) is 4.35. The maximum absolute atomic E-state index is 12.0. The van der Waals surface area contributed by atoms with E-state index in [-0.39, 0.29) is 12.0 Å². The van der Waals surface area contributed by atoms with Gasteiger partial charge in [-0.05, 0) is 24.6 Å². The van der Waals surface area contributed by atoms with Crippen LogP contribution in [-0.2, 0) is 11.2 Å². The van der Waals surface area contributed by atoms with Crippen LogP contribution in [0.5, 0.6) is 11.5 Å². The summed E-state index contributed by atoms with van der Waals surface area (Å²) in [7, 11) is 3.02. The Morgan fingerprint density at radius 2 is 1.85 bits per heavy atom. The molecule has 106 valence electrons. The molecule has 0 aliphatic carbocycles. The van der Waals surface area contributed by atoms with Gasteiger partial charge in [0.05, 0.1) is 26.2 Å². The minimum absolute atomic E-state index is 0.219. The highest BCUT2D eigenvalue weighted by Gasteiger charge is 2.17.